The second kappa shape index (κ2) is 14.0. The second-order valence-electron chi connectivity index (χ2n) is 9.78. The van der Waals surface area contributed by atoms with Crippen LogP contribution in [0.4, 0.5) is 5.69 Å². The zero-order chi connectivity index (χ0) is 30.2. The van der Waals surface area contributed by atoms with Gasteiger partial charge in [-0.1, -0.05) is 48.9 Å². The summed E-state index contributed by atoms with van der Waals surface area (Å²) >= 11 is 0. The highest BCUT2D eigenvalue weighted by Crippen LogP contribution is 2.32. The van der Waals surface area contributed by atoms with Crippen molar-refractivity contribution in [2.24, 2.45) is 0 Å². The summed E-state index contributed by atoms with van der Waals surface area (Å²) in [5, 5.41) is 2.85. The molecule has 1 N–H and O–H groups in total. The summed E-state index contributed by atoms with van der Waals surface area (Å²) in [7, 11) is -1.36. The van der Waals surface area contributed by atoms with Crippen LogP contribution in [0.1, 0.15) is 37.0 Å². The summed E-state index contributed by atoms with van der Waals surface area (Å²) in [6.07, 6.45) is 0.745. The second-order valence-corrected chi connectivity index (χ2v) is 11.6. The van der Waals surface area contributed by atoms with Crippen LogP contribution in [0, 0.1) is 13.8 Å². The first-order chi connectivity index (χ1) is 19.5. The van der Waals surface area contributed by atoms with Crippen molar-refractivity contribution < 1.29 is 27.5 Å². The van der Waals surface area contributed by atoms with E-state index in [9.17, 15) is 18.0 Å². The Morgan fingerprint density at radius 1 is 0.927 bits per heavy atom. The third-order valence-corrected chi connectivity index (χ3v) is 8.63. The molecule has 3 rings (SSSR count). The number of rotatable bonds is 13. The topological polar surface area (TPSA) is 105 Å². The smallest absolute Gasteiger partial charge is 0.264 e. The lowest BCUT2D eigenvalue weighted by Gasteiger charge is -2.32. The fourth-order valence-electron chi connectivity index (χ4n) is 4.29. The van der Waals surface area contributed by atoms with Crippen molar-refractivity contribution in [2.45, 2.75) is 51.6 Å². The largest absolute Gasteiger partial charge is 0.493 e. The molecule has 0 heterocycles. The Hall–Kier alpha value is -4.05. The van der Waals surface area contributed by atoms with Gasteiger partial charge in [-0.2, -0.15) is 0 Å². The van der Waals surface area contributed by atoms with Crippen molar-refractivity contribution in [3.05, 3.63) is 83.4 Å². The van der Waals surface area contributed by atoms with E-state index in [-0.39, 0.29) is 23.1 Å². The molecule has 0 unspecified atom stereocenters. The lowest BCUT2D eigenvalue weighted by Crippen LogP contribution is -2.51. The molecule has 41 heavy (non-hydrogen) atoms. The summed E-state index contributed by atoms with van der Waals surface area (Å²) in [5.74, 6) is -0.206. The third-order valence-electron chi connectivity index (χ3n) is 6.86. The Labute approximate surface area is 243 Å². The molecule has 0 saturated heterocycles. The first-order valence-corrected chi connectivity index (χ1v) is 14.9. The average molecular weight is 582 g/mol. The number of sulfonamides is 1. The maximum Gasteiger partial charge on any atom is 0.264 e. The van der Waals surface area contributed by atoms with Gasteiger partial charge in [0.15, 0.2) is 11.5 Å². The number of amides is 2. The van der Waals surface area contributed by atoms with Gasteiger partial charge in [-0.15, -0.1) is 0 Å². The molecule has 0 fully saturated rings. The van der Waals surface area contributed by atoms with Gasteiger partial charge >= 0.3 is 0 Å². The van der Waals surface area contributed by atoms with Crippen LogP contribution >= 0.6 is 0 Å². The van der Waals surface area contributed by atoms with Gasteiger partial charge in [-0.25, -0.2) is 8.42 Å². The fourth-order valence-corrected chi connectivity index (χ4v) is 5.72. The predicted octanol–water partition coefficient (Wildman–Crippen LogP) is 4.46. The third kappa shape index (κ3) is 7.58. The standard InChI is InChI=1S/C31H39N3O6S/c1-7-18-32-31(36)24(4)33(20-25-11-9-8-10-23(25)3)30(35)21-34(26-14-12-22(2)13-15-26)41(37,38)27-16-17-28(39-5)29(19-27)40-6/h8-17,19,24H,7,18,20-21H2,1-6H3,(H,32,36)/t24-/m1/s1. The SMILES string of the molecule is CCCNC(=O)[C@@H](C)N(Cc1ccccc1C)C(=O)CN(c1ccc(C)cc1)S(=O)(=O)c1ccc(OC)c(OC)c1. The van der Waals surface area contributed by atoms with Crippen LogP contribution in [0.5, 0.6) is 11.5 Å². The molecule has 0 bridgehead atoms. The summed E-state index contributed by atoms with van der Waals surface area (Å²) in [6.45, 7) is 7.52. The minimum absolute atomic E-state index is 0.0669. The van der Waals surface area contributed by atoms with E-state index >= 15 is 0 Å². The Kier molecular flexibility index (Phi) is 10.8. The van der Waals surface area contributed by atoms with Crippen LogP contribution in [0.3, 0.4) is 0 Å². The number of hydrogen-bond donors (Lipinski definition) is 1. The first-order valence-electron chi connectivity index (χ1n) is 13.5. The Morgan fingerprint density at radius 3 is 2.20 bits per heavy atom. The summed E-state index contributed by atoms with van der Waals surface area (Å²) in [4.78, 5) is 28.4. The van der Waals surface area contributed by atoms with Gasteiger partial charge < -0.3 is 19.7 Å². The first kappa shape index (κ1) is 31.5. The number of nitrogens with one attached hydrogen (secondary N) is 1. The van der Waals surface area contributed by atoms with E-state index in [4.69, 9.17) is 9.47 Å². The molecule has 0 radical (unpaired) electrons. The van der Waals surface area contributed by atoms with Gasteiger partial charge in [0.25, 0.3) is 10.0 Å². The molecule has 0 aliphatic carbocycles. The molecule has 2 amide bonds. The van der Waals surface area contributed by atoms with E-state index in [0.29, 0.717) is 18.0 Å². The number of carbonyl (C=O) groups excluding carboxylic acids is 2. The lowest BCUT2D eigenvalue weighted by molar-refractivity contribution is -0.139. The molecule has 0 aromatic heterocycles. The normalized spacial score (nSPS) is 11.9. The van der Waals surface area contributed by atoms with E-state index in [1.54, 1.807) is 31.2 Å². The van der Waals surface area contributed by atoms with Gasteiger partial charge in [0.05, 0.1) is 24.8 Å². The average Bonchev–Trinajstić information content (AvgIpc) is 2.97. The highest BCUT2D eigenvalue weighted by atomic mass is 32.2. The van der Waals surface area contributed by atoms with E-state index in [1.807, 2.05) is 45.0 Å². The number of aryl methyl sites for hydroxylation is 2. The van der Waals surface area contributed by atoms with Gasteiger partial charge in [0.2, 0.25) is 11.8 Å². The van der Waals surface area contributed by atoms with E-state index in [2.05, 4.69) is 5.32 Å². The molecule has 1 atom stereocenters. The number of carbonyl (C=O) groups is 2. The maximum absolute atomic E-state index is 14.1. The summed E-state index contributed by atoms with van der Waals surface area (Å²) in [5.41, 5.74) is 3.07. The predicted molar refractivity (Wildman–Crippen MR) is 160 cm³/mol. The zero-order valence-electron chi connectivity index (χ0n) is 24.5. The minimum Gasteiger partial charge on any atom is -0.493 e. The monoisotopic (exact) mass is 581 g/mol. The van der Waals surface area contributed by atoms with Crippen LogP contribution < -0.4 is 19.1 Å². The van der Waals surface area contributed by atoms with E-state index < -0.39 is 28.5 Å². The highest BCUT2D eigenvalue weighted by Gasteiger charge is 2.33. The van der Waals surface area contributed by atoms with Crippen LogP contribution in [0.15, 0.2) is 71.6 Å². The molecule has 0 saturated carbocycles. The summed E-state index contributed by atoms with van der Waals surface area (Å²) in [6, 6.07) is 17.9. The molecule has 0 aliphatic rings. The fraction of sp³-hybridized carbons (Fsp3) is 0.355. The van der Waals surface area contributed by atoms with Crippen LogP contribution in [-0.2, 0) is 26.2 Å². The molecule has 9 nitrogen and oxygen atoms in total. The zero-order valence-corrected chi connectivity index (χ0v) is 25.3. The molecule has 10 heteroatoms. The van der Waals surface area contributed by atoms with Gasteiger partial charge in [0, 0.05) is 19.2 Å². The van der Waals surface area contributed by atoms with E-state index in [1.165, 1.54) is 37.3 Å². The molecule has 0 aliphatic heterocycles. The number of methoxy groups -OCH3 is 2. The van der Waals surface area contributed by atoms with Crippen molar-refractivity contribution in [2.75, 3.05) is 31.6 Å². The number of nitrogens with zero attached hydrogens (tertiary/aromatic N) is 2. The molecular weight excluding hydrogens is 542 g/mol. The van der Waals surface area contributed by atoms with E-state index in [0.717, 1.165) is 27.4 Å². The van der Waals surface area contributed by atoms with Crippen LogP contribution in [0.25, 0.3) is 0 Å². The Bertz CT molecular complexity index is 1460. The summed E-state index contributed by atoms with van der Waals surface area (Å²) < 4.78 is 39.8. The van der Waals surface area contributed by atoms with Crippen molar-refractivity contribution in [1.29, 1.82) is 0 Å². The number of hydrogen-bond acceptors (Lipinski definition) is 6. The molecular formula is C31H39N3O6S. The highest BCUT2D eigenvalue weighted by molar-refractivity contribution is 7.92. The number of anilines is 1. The van der Waals surface area contributed by atoms with Crippen molar-refractivity contribution in [3.63, 3.8) is 0 Å². The van der Waals surface area contributed by atoms with Gasteiger partial charge in [-0.05, 0) is 62.6 Å². The molecule has 0 spiro atoms. The maximum atomic E-state index is 14.1. The van der Waals surface area contributed by atoms with Crippen LogP contribution in [0.2, 0.25) is 0 Å². The molecule has 3 aromatic rings. The number of benzene rings is 3. The molecule has 3 aromatic carbocycles. The lowest BCUT2D eigenvalue weighted by atomic mass is 10.1. The molecule has 220 valence electrons. The Balaban J connectivity index is 2.07. The van der Waals surface area contributed by atoms with Crippen LogP contribution in [-0.4, -0.2) is 58.5 Å². The van der Waals surface area contributed by atoms with Gasteiger partial charge in [0.1, 0.15) is 12.6 Å². The van der Waals surface area contributed by atoms with Crippen molar-refractivity contribution in [1.82, 2.24) is 10.2 Å². The van der Waals surface area contributed by atoms with Crippen molar-refractivity contribution in [3.8, 4) is 11.5 Å². The van der Waals surface area contributed by atoms with Gasteiger partial charge in [-0.3, -0.25) is 13.9 Å². The van der Waals surface area contributed by atoms with Crippen molar-refractivity contribution >= 4 is 27.5 Å². The number of ether oxygens (including phenoxy) is 2. The Morgan fingerprint density at radius 2 is 1.59 bits per heavy atom. The quantitative estimate of drug-likeness (QED) is 0.320. The minimum atomic E-state index is -4.24.